The number of nitrogens with zero attached hydrogens (tertiary/aromatic N) is 1. The van der Waals surface area contributed by atoms with Gasteiger partial charge in [0.1, 0.15) is 0 Å². The topological polar surface area (TPSA) is 39.2 Å². The number of carbonyl (C=O) groups excluding carboxylic acids is 1. The van der Waals surface area contributed by atoms with Gasteiger partial charge in [0.15, 0.2) is 6.29 Å². The average molecular weight is 235 g/mol. The summed E-state index contributed by atoms with van der Waals surface area (Å²) in [6, 6.07) is 1.80. The van der Waals surface area contributed by atoms with Crippen molar-refractivity contribution in [1.82, 2.24) is 4.98 Å². The van der Waals surface area contributed by atoms with Gasteiger partial charge in [0.25, 0.3) is 0 Å². The number of hydrogen-bond donors (Lipinski definition) is 0. The maximum absolute atomic E-state index is 10.5. The molecule has 0 aliphatic carbocycles. The van der Waals surface area contributed by atoms with Crippen molar-refractivity contribution >= 4 is 6.29 Å². The van der Waals surface area contributed by atoms with Crippen molar-refractivity contribution in [1.29, 1.82) is 0 Å². The number of carbonyl (C=O) groups is 1. The summed E-state index contributed by atoms with van der Waals surface area (Å²) in [5, 5.41) is 0. The minimum Gasteiger partial charge on any atom is -0.477 e. The van der Waals surface area contributed by atoms with E-state index in [-0.39, 0.29) is 0 Å². The van der Waals surface area contributed by atoms with Gasteiger partial charge in [-0.3, -0.25) is 4.79 Å². The van der Waals surface area contributed by atoms with E-state index in [1.165, 1.54) is 25.7 Å². The van der Waals surface area contributed by atoms with E-state index in [1.807, 2.05) is 6.92 Å². The summed E-state index contributed by atoms with van der Waals surface area (Å²) >= 11 is 0. The number of pyridine rings is 1. The fourth-order valence-corrected chi connectivity index (χ4v) is 1.67. The van der Waals surface area contributed by atoms with Crippen LogP contribution in [0, 0.1) is 6.92 Å². The molecule has 0 fully saturated rings. The Morgan fingerprint density at radius 1 is 1.29 bits per heavy atom. The Kier molecular flexibility index (Phi) is 6.30. The molecule has 0 saturated heterocycles. The van der Waals surface area contributed by atoms with Crippen LogP contribution in [-0.4, -0.2) is 17.9 Å². The maximum atomic E-state index is 10.5. The SMILES string of the molecule is CCCCCCCOc1ncc(C=O)cc1C. The zero-order valence-corrected chi connectivity index (χ0v) is 10.7. The third-order valence-corrected chi connectivity index (χ3v) is 2.67. The lowest BCUT2D eigenvalue weighted by atomic mass is 10.2. The van der Waals surface area contributed by atoms with E-state index in [0.29, 0.717) is 18.1 Å². The molecular formula is C14H21NO2. The van der Waals surface area contributed by atoms with Gasteiger partial charge in [-0.05, 0) is 19.4 Å². The zero-order valence-electron chi connectivity index (χ0n) is 10.7. The van der Waals surface area contributed by atoms with Crippen LogP contribution in [0.5, 0.6) is 5.88 Å². The van der Waals surface area contributed by atoms with Crippen LogP contribution in [0.1, 0.15) is 54.9 Å². The molecule has 0 atom stereocenters. The molecule has 0 aliphatic heterocycles. The number of aryl methyl sites for hydroxylation is 1. The Hall–Kier alpha value is -1.38. The highest BCUT2D eigenvalue weighted by Gasteiger charge is 2.02. The Bertz CT molecular complexity index is 350. The second kappa shape index (κ2) is 7.82. The number of rotatable bonds is 8. The molecular weight excluding hydrogens is 214 g/mol. The van der Waals surface area contributed by atoms with Gasteiger partial charge in [-0.25, -0.2) is 4.98 Å². The first-order valence-electron chi connectivity index (χ1n) is 6.32. The van der Waals surface area contributed by atoms with Gasteiger partial charge in [0, 0.05) is 17.3 Å². The molecule has 0 saturated carbocycles. The van der Waals surface area contributed by atoms with Gasteiger partial charge in [-0.15, -0.1) is 0 Å². The summed E-state index contributed by atoms with van der Waals surface area (Å²) in [6.45, 7) is 4.82. The largest absolute Gasteiger partial charge is 0.477 e. The van der Waals surface area contributed by atoms with Gasteiger partial charge < -0.3 is 4.74 Å². The molecule has 1 rings (SSSR count). The molecule has 0 radical (unpaired) electrons. The minimum atomic E-state index is 0.595. The first kappa shape index (κ1) is 13.7. The van der Waals surface area contributed by atoms with Crippen molar-refractivity contribution in [3.8, 4) is 5.88 Å². The van der Waals surface area contributed by atoms with Gasteiger partial charge in [0.2, 0.25) is 5.88 Å². The van der Waals surface area contributed by atoms with Gasteiger partial charge in [0.05, 0.1) is 6.61 Å². The molecule has 0 bridgehead atoms. The average Bonchev–Trinajstić information content (AvgIpc) is 2.35. The van der Waals surface area contributed by atoms with Gasteiger partial charge >= 0.3 is 0 Å². The molecule has 0 aromatic carbocycles. The summed E-state index contributed by atoms with van der Waals surface area (Å²) in [5.74, 6) is 0.645. The normalized spacial score (nSPS) is 10.2. The van der Waals surface area contributed by atoms with Crippen LogP contribution in [0.2, 0.25) is 0 Å². The second-order valence-corrected chi connectivity index (χ2v) is 4.27. The standard InChI is InChI=1S/C14H21NO2/c1-3-4-5-6-7-8-17-14-12(2)9-13(11-16)10-15-14/h9-11H,3-8H2,1-2H3. The van der Waals surface area contributed by atoms with E-state index in [1.54, 1.807) is 12.3 Å². The fourth-order valence-electron chi connectivity index (χ4n) is 1.67. The quantitative estimate of drug-likeness (QED) is 0.511. The van der Waals surface area contributed by atoms with Gasteiger partial charge in [-0.2, -0.15) is 0 Å². The Morgan fingerprint density at radius 2 is 2.06 bits per heavy atom. The van der Waals surface area contributed by atoms with E-state index in [0.717, 1.165) is 18.3 Å². The predicted molar refractivity (Wildman–Crippen MR) is 68.6 cm³/mol. The lowest BCUT2D eigenvalue weighted by Crippen LogP contribution is -2.01. The van der Waals surface area contributed by atoms with E-state index >= 15 is 0 Å². The fraction of sp³-hybridized carbons (Fsp3) is 0.571. The predicted octanol–water partition coefficient (Wildman–Crippen LogP) is 3.55. The highest BCUT2D eigenvalue weighted by molar-refractivity contribution is 5.74. The molecule has 0 spiro atoms. The number of ether oxygens (including phenoxy) is 1. The molecule has 17 heavy (non-hydrogen) atoms. The first-order chi connectivity index (χ1) is 8.27. The lowest BCUT2D eigenvalue weighted by Gasteiger charge is -2.07. The number of aromatic nitrogens is 1. The van der Waals surface area contributed by atoms with Crippen LogP contribution in [-0.2, 0) is 0 Å². The minimum absolute atomic E-state index is 0.595. The van der Waals surface area contributed by atoms with E-state index < -0.39 is 0 Å². The molecule has 0 unspecified atom stereocenters. The number of hydrogen-bond acceptors (Lipinski definition) is 3. The van der Waals surface area contributed by atoms with Crippen LogP contribution in [0.3, 0.4) is 0 Å². The van der Waals surface area contributed by atoms with Crippen molar-refractivity contribution < 1.29 is 9.53 Å². The summed E-state index contributed by atoms with van der Waals surface area (Å²) in [5.41, 5.74) is 1.51. The molecule has 1 aromatic heterocycles. The Labute approximate surface area is 103 Å². The third-order valence-electron chi connectivity index (χ3n) is 2.67. The van der Waals surface area contributed by atoms with Crippen LogP contribution in [0.15, 0.2) is 12.3 Å². The van der Waals surface area contributed by atoms with Crippen molar-refractivity contribution in [2.45, 2.75) is 46.0 Å². The molecule has 0 N–H and O–H groups in total. The van der Waals surface area contributed by atoms with Gasteiger partial charge in [-0.1, -0.05) is 32.6 Å². The third kappa shape index (κ3) is 4.98. The van der Waals surface area contributed by atoms with E-state index in [4.69, 9.17) is 4.74 Å². The van der Waals surface area contributed by atoms with Crippen LogP contribution < -0.4 is 4.74 Å². The number of unbranched alkanes of at least 4 members (excludes halogenated alkanes) is 4. The maximum Gasteiger partial charge on any atom is 0.216 e. The second-order valence-electron chi connectivity index (χ2n) is 4.27. The summed E-state index contributed by atoms with van der Waals surface area (Å²) in [7, 11) is 0. The first-order valence-corrected chi connectivity index (χ1v) is 6.32. The molecule has 1 aromatic rings. The molecule has 0 aliphatic rings. The van der Waals surface area contributed by atoms with Crippen LogP contribution in [0.25, 0.3) is 0 Å². The highest BCUT2D eigenvalue weighted by atomic mass is 16.5. The number of aldehydes is 1. The van der Waals surface area contributed by atoms with Crippen LogP contribution in [0.4, 0.5) is 0 Å². The van der Waals surface area contributed by atoms with E-state index in [9.17, 15) is 4.79 Å². The summed E-state index contributed by atoms with van der Waals surface area (Å²) in [4.78, 5) is 14.7. The molecule has 1 heterocycles. The van der Waals surface area contributed by atoms with Crippen molar-refractivity contribution in [2.24, 2.45) is 0 Å². The molecule has 0 amide bonds. The summed E-state index contributed by atoms with van der Waals surface area (Å²) in [6.07, 6.45) is 8.45. The van der Waals surface area contributed by atoms with Crippen molar-refractivity contribution in [2.75, 3.05) is 6.61 Å². The molecule has 3 nitrogen and oxygen atoms in total. The van der Waals surface area contributed by atoms with Crippen LogP contribution >= 0.6 is 0 Å². The smallest absolute Gasteiger partial charge is 0.216 e. The van der Waals surface area contributed by atoms with Crippen molar-refractivity contribution in [3.05, 3.63) is 23.4 Å². The Balaban J connectivity index is 2.29. The molecule has 3 heteroatoms. The van der Waals surface area contributed by atoms with E-state index in [2.05, 4.69) is 11.9 Å². The lowest BCUT2D eigenvalue weighted by molar-refractivity contribution is 0.112. The monoisotopic (exact) mass is 235 g/mol. The zero-order chi connectivity index (χ0) is 12.5. The summed E-state index contributed by atoms with van der Waals surface area (Å²) < 4.78 is 5.59. The Morgan fingerprint density at radius 3 is 2.71 bits per heavy atom. The highest BCUT2D eigenvalue weighted by Crippen LogP contribution is 2.15. The molecule has 94 valence electrons. The van der Waals surface area contributed by atoms with Crippen molar-refractivity contribution in [3.63, 3.8) is 0 Å².